The predicted molar refractivity (Wildman–Crippen MR) is 82.7 cm³/mol. The van der Waals surface area contributed by atoms with Gasteiger partial charge in [-0.25, -0.2) is 4.79 Å². The van der Waals surface area contributed by atoms with Crippen molar-refractivity contribution in [2.75, 3.05) is 0 Å². The summed E-state index contributed by atoms with van der Waals surface area (Å²) in [6, 6.07) is 16.3. The highest BCUT2D eigenvalue weighted by atomic mass is 32.2. The van der Waals surface area contributed by atoms with Crippen molar-refractivity contribution in [2.45, 2.75) is 11.0 Å². The van der Waals surface area contributed by atoms with E-state index in [9.17, 15) is 4.79 Å². The van der Waals surface area contributed by atoms with E-state index in [1.807, 2.05) is 36.4 Å². The van der Waals surface area contributed by atoms with Crippen molar-refractivity contribution in [1.29, 1.82) is 0 Å². The van der Waals surface area contributed by atoms with Crippen LogP contribution in [0.4, 0.5) is 0 Å². The van der Waals surface area contributed by atoms with Crippen LogP contribution in [0.1, 0.15) is 15.9 Å². The van der Waals surface area contributed by atoms with Crippen LogP contribution in [0, 0.1) is 0 Å². The van der Waals surface area contributed by atoms with E-state index >= 15 is 0 Å². The van der Waals surface area contributed by atoms with Crippen molar-refractivity contribution in [1.82, 2.24) is 10.2 Å². The Morgan fingerprint density at radius 3 is 2.68 bits per heavy atom. The largest absolute Gasteiger partial charge is 0.478 e. The number of rotatable bonds is 5. The Kier molecular flexibility index (Phi) is 4.20. The molecule has 1 aromatic heterocycles. The molecular formula is C16H12N2O3S. The van der Waals surface area contributed by atoms with E-state index in [1.165, 1.54) is 11.8 Å². The monoisotopic (exact) mass is 312 g/mol. The number of thioether (sulfide) groups is 1. The number of carbonyl (C=O) groups is 1. The molecule has 0 amide bonds. The summed E-state index contributed by atoms with van der Waals surface area (Å²) in [5.74, 6) is 0.107. The van der Waals surface area contributed by atoms with Crippen molar-refractivity contribution in [3.8, 4) is 11.5 Å². The zero-order valence-electron chi connectivity index (χ0n) is 11.5. The van der Waals surface area contributed by atoms with Gasteiger partial charge >= 0.3 is 5.97 Å². The Balaban J connectivity index is 1.69. The molecule has 0 aliphatic heterocycles. The molecule has 22 heavy (non-hydrogen) atoms. The van der Waals surface area contributed by atoms with Crippen LogP contribution >= 0.6 is 11.8 Å². The number of nitrogens with zero attached hydrogens (tertiary/aromatic N) is 2. The molecule has 0 saturated heterocycles. The van der Waals surface area contributed by atoms with Gasteiger partial charge in [0.25, 0.3) is 5.22 Å². The third kappa shape index (κ3) is 3.35. The maximum Gasteiger partial charge on any atom is 0.335 e. The van der Waals surface area contributed by atoms with Crippen LogP contribution in [-0.4, -0.2) is 21.3 Å². The highest BCUT2D eigenvalue weighted by Crippen LogP contribution is 2.25. The smallest absolute Gasteiger partial charge is 0.335 e. The summed E-state index contributed by atoms with van der Waals surface area (Å²) in [5.41, 5.74) is 2.03. The molecule has 0 atom stereocenters. The van der Waals surface area contributed by atoms with Gasteiger partial charge < -0.3 is 9.52 Å². The molecule has 0 unspecified atom stereocenters. The number of carboxylic acid groups (broad SMARTS) is 1. The standard InChI is InChI=1S/C16H12N2O3S/c19-15(20)13-8-4-5-11(9-13)10-22-16-18-17-14(21-16)12-6-2-1-3-7-12/h1-9H,10H2,(H,19,20). The Bertz CT molecular complexity index is 787. The van der Waals surface area contributed by atoms with Gasteiger partial charge in [-0.1, -0.05) is 42.1 Å². The van der Waals surface area contributed by atoms with E-state index in [0.717, 1.165) is 11.1 Å². The maximum atomic E-state index is 10.9. The van der Waals surface area contributed by atoms with Crippen LogP contribution in [0.25, 0.3) is 11.5 Å². The average molecular weight is 312 g/mol. The lowest BCUT2D eigenvalue weighted by Gasteiger charge is -2.00. The number of hydrogen-bond acceptors (Lipinski definition) is 5. The van der Waals surface area contributed by atoms with Crippen LogP contribution in [0.5, 0.6) is 0 Å². The Labute approximate surface area is 131 Å². The van der Waals surface area contributed by atoms with Crippen molar-refractivity contribution in [3.63, 3.8) is 0 Å². The van der Waals surface area contributed by atoms with Gasteiger partial charge in [-0.05, 0) is 29.8 Å². The van der Waals surface area contributed by atoms with Crippen molar-refractivity contribution >= 4 is 17.7 Å². The molecule has 3 aromatic rings. The fourth-order valence-corrected chi connectivity index (χ4v) is 2.61. The average Bonchev–Trinajstić information content (AvgIpc) is 3.03. The first kappa shape index (κ1) is 14.3. The topological polar surface area (TPSA) is 76.2 Å². The fraction of sp³-hybridized carbons (Fsp3) is 0.0625. The third-order valence-corrected chi connectivity index (χ3v) is 3.85. The van der Waals surface area contributed by atoms with Gasteiger partial charge in [0, 0.05) is 11.3 Å². The zero-order chi connectivity index (χ0) is 15.4. The molecule has 0 radical (unpaired) electrons. The van der Waals surface area contributed by atoms with Gasteiger partial charge in [0.1, 0.15) is 0 Å². The summed E-state index contributed by atoms with van der Waals surface area (Å²) < 4.78 is 5.59. The second kappa shape index (κ2) is 6.44. The van der Waals surface area contributed by atoms with Gasteiger partial charge in [0.15, 0.2) is 0 Å². The molecule has 0 fully saturated rings. The summed E-state index contributed by atoms with van der Waals surface area (Å²) in [7, 11) is 0. The maximum absolute atomic E-state index is 10.9. The molecule has 110 valence electrons. The molecule has 0 aliphatic carbocycles. The Morgan fingerprint density at radius 1 is 1.09 bits per heavy atom. The first-order valence-electron chi connectivity index (χ1n) is 6.56. The molecular weight excluding hydrogens is 300 g/mol. The van der Waals surface area contributed by atoms with Crippen LogP contribution < -0.4 is 0 Å². The minimum absolute atomic E-state index is 0.272. The zero-order valence-corrected chi connectivity index (χ0v) is 12.3. The predicted octanol–water partition coefficient (Wildman–Crippen LogP) is 3.73. The first-order chi connectivity index (χ1) is 10.7. The first-order valence-corrected chi connectivity index (χ1v) is 7.55. The van der Waals surface area contributed by atoms with Crippen LogP contribution in [0.15, 0.2) is 64.2 Å². The van der Waals surface area contributed by atoms with Gasteiger partial charge in [-0.15, -0.1) is 10.2 Å². The number of hydrogen-bond donors (Lipinski definition) is 1. The van der Waals surface area contributed by atoms with Crippen molar-refractivity contribution in [2.24, 2.45) is 0 Å². The third-order valence-electron chi connectivity index (χ3n) is 2.96. The molecule has 0 aliphatic rings. The van der Waals surface area contributed by atoms with Gasteiger partial charge in [0.2, 0.25) is 5.89 Å². The highest BCUT2D eigenvalue weighted by molar-refractivity contribution is 7.98. The Hall–Kier alpha value is -2.60. The number of aromatic nitrogens is 2. The second-order valence-electron chi connectivity index (χ2n) is 4.53. The van der Waals surface area contributed by atoms with E-state index < -0.39 is 5.97 Å². The number of carboxylic acids is 1. The Morgan fingerprint density at radius 2 is 1.91 bits per heavy atom. The van der Waals surface area contributed by atoms with Crippen molar-refractivity contribution < 1.29 is 14.3 Å². The van der Waals surface area contributed by atoms with Crippen LogP contribution in [-0.2, 0) is 5.75 Å². The lowest BCUT2D eigenvalue weighted by molar-refractivity contribution is 0.0697. The molecule has 1 heterocycles. The fourth-order valence-electron chi connectivity index (χ4n) is 1.90. The molecule has 6 heteroatoms. The second-order valence-corrected chi connectivity index (χ2v) is 5.46. The number of aromatic carboxylic acids is 1. The van der Waals surface area contributed by atoms with Crippen LogP contribution in [0.3, 0.4) is 0 Å². The molecule has 1 N–H and O–H groups in total. The van der Waals surface area contributed by atoms with E-state index in [4.69, 9.17) is 9.52 Å². The summed E-state index contributed by atoms with van der Waals surface area (Å²) in [6.45, 7) is 0. The molecule has 0 bridgehead atoms. The van der Waals surface area contributed by atoms with Gasteiger partial charge in [-0.2, -0.15) is 0 Å². The van der Waals surface area contributed by atoms with E-state index in [0.29, 0.717) is 16.9 Å². The minimum atomic E-state index is -0.934. The van der Waals surface area contributed by atoms with E-state index in [2.05, 4.69) is 10.2 Å². The van der Waals surface area contributed by atoms with Crippen molar-refractivity contribution in [3.05, 3.63) is 65.7 Å². The quantitative estimate of drug-likeness (QED) is 0.723. The molecule has 0 saturated carbocycles. The van der Waals surface area contributed by atoms with E-state index in [-0.39, 0.29) is 5.56 Å². The molecule has 2 aromatic carbocycles. The summed E-state index contributed by atoms with van der Waals surface area (Å²) >= 11 is 1.38. The SMILES string of the molecule is O=C(O)c1cccc(CSc2nnc(-c3ccccc3)o2)c1. The summed E-state index contributed by atoms with van der Waals surface area (Å²) in [6.07, 6.45) is 0. The summed E-state index contributed by atoms with van der Waals surface area (Å²) in [5, 5.41) is 17.4. The summed E-state index contributed by atoms with van der Waals surface area (Å²) in [4.78, 5) is 10.9. The molecule has 5 nitrogen and oxygen atoms in total. The minimum Gasteiger partial charge on any atom is -0.478 e. The molecule has 3 rings (SSSR count). The van der Waals surface area contributed by atoms with Crippen LogP contribution in [0.2, 0.25) is 0 Å². The lowest BCUT2D eigenvalue weighted by Crippen LogP contribution is -1.96. The van der Waals surface area contributed by atoms with E-state index in [1.54, 1.807) is 18.2 Å². The molecule has 0 spiro atoms. The van der Waals surface area contributed by atoms with Gasteiger partial charge in [-0.3, -0.25) is 0 Å². The lowest BCUT2D eigenvalue weighted by atomic mass is 10.1. The van der Waals surface area contributed by atoms with Gasteiger partial charge in [0.05, 0.1) is 5.56 Å². The number of benzene rings is 2. The normalized spacial score (nSPS) is 10.5. The highest BCUT2D eigenvalue weighted by Gasteiger charge is 2.09.